The molecule has 1 heterocycles. The summed E-state index contributed by atoms with van der Waals surface area (Å²) < 4.78 is 39.7. The van der Waals surface area contributed by atoms with Crippen molar-refractivity contribution in [1.82, 2.24) is 4.98 Å². The van der Waals surface area contributed by atoms with Gasteiger partial charge in [-0.05, 0) is 6.07 Å². The van der Waals surface area contributed by atoms with Crippen molar-refractivity contribution in [1.29, 1.82) is 5.26 Å². The van der Waals surface area contributed by atoms with Crippen LogP contribution in [0.1, 0.15) is 11.1 Å². The van der Waals surface area contributed by atoms with E-state index >= 15 is 0 Å². The molecule has 0 amide bonds. The number of H-pyrrole nitrogens is 1. The average molecular weight is 311 g/mol. The first-order valence-corrected chi connectivity index (χ1v) is 5.43. The highest BCUT2D eigenvalue weighted by Crippen LogP contribution is 2.25. The third kappa shape index (κ3) is 3.78. The molecule has 92 valence electrons. The summed E-state index contributed by atoms with van der Waals surface area (Å²) in [7, 11) is 0. The highest BCUT2D eigenvalue weighted by molar-refractivity contribution is 9.08. The molecular weight excluding hydrogens is 305 g/mol. The summed E-state index contributed by atoms with van der Waals surface area (Å²) in [5.41, 5.74) is -0.556. The van der Waals surface area contributed by atoms with Crippen molar-refractivity contribution in [2.24, 2.45) is 0 Å². The summed E-state index contributed by atoms with van der Waals surface area (Å²) in [6, 6.07) is 2.95. The van der Waals surface area contributed by atoms with Crippen molar-refractivity contribution in [2.75, 3.05) is 0 Å². The topological polar surface area (TPSA) is 65.9 Å². The molecule has 0 aliphatic heterocycles. The summed E-state index contributed by atoms with van der Waals surface area (Å²) in [4.78, 5) is 13.3. The largest absolute Gasteiger partial charge is 0.574 e. The molecule has 1 rings (SSSR count). The van der Waals surface area contributed by atoms with Gasteiger partial charge in [0.25, 0.3) is 5.56 Å². The normalized spacial score (nSPS) is 11.0. The summed E-state index contributed by atoms with van der Waals surface area (Å²) in [5.74, 6) is -0.666. The van der Waals surface area contributed by atoms with E-state index in [-0.39, 0.29) is 22.9 Å². The monoisotopic (exact) mass is 310 g/mol. The van der Waals surface area contributed by atoms with E-state index in [0.717, 1.165) is 0 Å². The first kappa shape index (κ1) is 13.6. The molecule has 1 aromatic rings. The molecule has 8 heteroatoms. The van der Waals surface area contributed by atoms with Crippen LogP contribution >= 0.6 is 15.9 Å². The third-order valence-electron chi connectivity index (χ3n) is 1.79. The Morgan fingerprint density at radius 1 is 1.47 bits per heavy atom. The Hall–Kier alpha value is -1.49. The van der Waals surface area contributed by atoms with Crippen LogP contribution in [0.15, 0.2) is 10.9 Å². The van der Waals surface area contributed by atoms with Gasteiger partial charge < -0.3 is 4.74 Å². The standard InChI is InChI=1S/C9H6BrF3N2O2/c10-4-6-3-5(1-2-14)7(16)15-8(6)17-9(11,12)13/h3H,1,4H2,(H,15,16). The minimum absolute atomic E-state index is 0.0631. The Balaban J connectivity index is 3.20. The number of nitrogens with one attached hydrogen (secondary N) is 1. The van der Waals surface area contributed by atoms with Gasteiger partial charge in [-0.15, -0.1) is 13.2 Å². The summed E-state index contributed by atoms with van der Waals surface area (Å²) in [6.45, 7) is 0. The van der Waals surface area contributed by atoms with E-state index in [1.807, 2.05) is 4.98 Å². The Morgan fingerprint density at radius 2 is 2.12 bits per heavy atom. The lowest BCUT2D eigenvalue weighted by Gasteiger charge is -2.12. The van der Waals surface area contributed by atoms with Crippen LogP contribution in [0.2, 0.25) is 0 Å². The van der Waals surface area contributed by atoms with E-state index in [1.165, 1.54) is 6.07 Å². The molecule has 0 atom stereocenters. The molecule has 0 bridgehead atoms. The zero-order valence-corrected chi connectivity index (χ0v) is 9.85. The molecule has 0 unspecified atom stereocenters. The predicted octanol–water partition coefficient (Wildman–Crippen LogP) is 2.23. The van der Waals surface area contributed by atoms with Gasteiger partial charge in [-0.2, -0.15) is 5.26 Å². The van der Waals surface area contributed by atoms with Crippen molar-refractivity contribution >= 4 is 15.9 Å². The second-order valence-corrected chi connectivity index (χ2v) is 3.56. The molecule has 4 nitrogen and oxygen atoms in total. The second-order valence-electron chi connectivity index (χ2n) is 2.99. The lowest BCUT2D eigenvalue weighted by atomic mass is 10.1. The van der Waals surface area contributed by atoms with E-state index in [2.05, 4.69) is 20.7 Å². The number of pyridine rings is 1. The second kappa shape index (κ2) is 5.23. The van der Waals surface area contributed by atoms with Gasteiger partial charge in [0.05, 0.1) is 12.5 Å². The number of nitrogens with zero attached hydrogens (tertiary/aromatic N) is 1. The lowest BCUT2D eigenvalue weighted by molar-refractivity contribution is -0.276. The van der Waals surface area contributed by atoms with E-state index < -0.39 is 17.8 Å². The molecule has 0 saturated heterocycles. The maximum Gasteiger partial charge on any atom is 0.574 e. The Bertz CT molecular complexity index is 504. The Kier molecular flexibility index (Phi) is 4.17. The molecule has 0 radical (unpaired) electrons. The summed E-state index contributed by atoms with van der Waals surface area (Å²) in [6.07, 6.45) is -5.06. The number of alkyl halides is 4. The molecule has 1 aromatic heterocycles. The third-order valence-corrected chi connectivity index (χ3v) is 2.39. The molecule has 17 heavy (non-hydrogen) atoms. The van der Waals surface area contributed by atoms with Gasteiger partial charge in [-0.3, -0.25) is 9.78 Å². The van der Waals surface area contributed by atoms with Crippen LogP contribution in [0.4, 0.5) is 13.2 Å². The fourth-order valence-electron chi connectivity index (χ4n) is 1.13. The molecule has 1 N–H and O–H groups in total. The van der Waals surface area contributed by atoms with Crippen molar-refractivity contribution in [2.45, 2.75) is 18.1 Å². The van der Waals surface area contributed by atoms with Gasteiger partial charge in [0.15, 0.2) is 0 Å². The Morgan fingerprint density at radius 3 is 2.59 bits per heavy atom. The predicted molar refractivity (Wildman–Crippen MR) is 55.7 cm³/mol. The van der Waals surface area contributed by atoms with Gasteiger partial charge in [0.2, 0.25) is 5.88 Å². The van der Waals surface area contributed by atoms with E-state index in [1.54, 1.807) is 6.07 Å². The zero-order chi connectivity index (χ0) is 13.1. The number of rotatable bonds is 3. The number of ether oxygens (including phenoxy) is 1. The first-order valence-electron chi connectivity index (χ1n) is 4.31. The molecule has 0 spiro atoms. The summed E-state index contributed by atoms with van der Waals surface area (Å²) in [5, 5.41) is 8.50. The van der Waals surface area contributed by atoms with Crippen LogP contribution in [0, 0.1) is 11.3 Å². The number of aromatic nitrogens is 1. The fraction of sp³-hybridized carbons (Fsp3) is 0.333. The average Bonchev–Trinajstić information content (AvgIpc) is 2.20. The van der Waals surface area contributed by atoms with Gasteiger partial charge in [0.1, 0.15) is 0 Å². The highest BCUT2D eigenvalue weighted by Gasteiger charge is 2.32. The molecule has 0 aromatic carbocycles. The minimum atomic E-state index is -4.88. The van der Waals surface area contributed by atoms with Crippen molar-refractivity contribution < 1.29 is 17.9 Å². The van der Waals surface area contributed by atoms with Crippen LogP contribution < -0.4 is 10.3 Å². The SMILES string of the molecule is N#CCc1cc(CBr)c(OC(F)(F)F)[nH]c1=O. The van der Waals surface area contributed by atoms with Crippen molar-refractivity contribution in [3.8, 4) is 11.9 Å². The van der Waals surface area contributed by atoms with Crippen LogP contribution in [0.5, 0.6) is 5.88 Å². The van der Waals surface area contributed by atoms with Crippen LogP contribution in [0.25, 0.3) is 0 Å². The maximum absolute atomic E-state index is 12.0. The Labute approximate surface area is 102 Å². The van der Waals surface area contributed by atoms with E-state index in [4.69, 9.17) is 5.26 Å². The molecule has 0 fully saturated rings. The van der Waals surface area contributed by atoms with Gasteiger partial charge in [-0.25, -0.2) is 0 Å². The van der Waals surface area contributed by atoms with Crippen molar-refractivity contribution in [3.05, 3.63) is 27.5 Å². The lowest BCUT2D eigenvalue weighted by Crippen LogP contribution is -2.22. The first-order chi connectivity index (χ1) is 7.87. The molecular formula is C9H6BrF3N2O2. The smallest absolute Gasteiger partial charge is 0.390 e. The van der Waals surface area contributed by atoms with Gasteiger partial charge in [0, 0.05) is 16.5 Å². The van der Waals surface area contributed by atoms with Crippen molar-refractivity contribution in [3.63, 3.8) is 0 Å². The number of halogens is 4. The van der Waals surface area contributed by atoms with Gasteiger partial charge >= 0.3 is 6.36 Å². The maximum atomic E-state index is 12.0. The summed E-state index contributed by atoms with van der Waals surface area (Å²) >= 11 is 2.97. The molecule has 0 aliphatic rings. The number of aromatic amines is 1. The number of hydrogen-bond donors (Lipinski definition) is 1. The van der Waals surface area contributed by atoms with Crippen LogP contribution in [-0.2, 0) is 11.8 Å². The van der Waals surface area contributed by atoms with E-state index in [9.17, 15) is 18.0 Å². The zero-order valence-electron chi connectivity index (χ0n) is 8.27. The minimum Gasteiger partial charge on any atom is -0.390 e. The van der Waals surface area contributed by atoms with Crippen LogP contribution in [-0.4, -0.2) is 11.3 Å². The number of nitriles is 1. The highest BCUT2D eigenvalue weighted by atomic mass is 79.9. The molecule has 0 saturated carbocycles. The molecule has 0 aliphatic carbocycles. The van der Waals surface area contributed by atoms with Crippen LogP contribution in [0.3, 0.4) is 0 Å². The van der Waals surface area contributed by atoms with E-state index in [0.29, 0.717) is 0 Å². The fourth-order valence-corrected chi connectivity index (χ4v) is 1.54. The van der Waals surface area contributed by atoms with Gasteiger partial charge in [-0.1, -0.05) is 15.9 Å². The quantitative estimate of drug-likeness (QED) is 0.871. The number of hydrogen-bond acceptors (Lipinski definition) is 3.